The van der Waals surface area contributed by atoms with Crippen molar-refractivity contribution in [3.8, 4) is 0 Å². The van der Waals surface area contributed by atoms with E-state index in [2.05, 4.69) is 31.4 Å². The molecule has 0 fully saturated rings. The van der Waals surface area contributed by atoms with Crippen LogP contribution >= 0.6 is 15.9 Å². The van der Waals surface area contributed by atoms with E-state index in [0.717, 1.165) is 4.47 Å². The van der Waals surface area contributed by atoms with Gasteiger partial charge in [0.15, 0.2) is 0 Å². The molecule has 0 saturated carbocycles. The van der Waals surface area contributed by atoms with Gasteiger partial charge in [-0.25, -0.2) is 0 Å². The number of carbonyl (C=O) groups excluding carboxylic acids is 1. The Morgan fingerprint density at radius 2 is 2.20 bits per heavy atom. The van der Waals surface area contributed by atoms with Gasteiger partial charge in [-0.05, 0) is 18.2 Å². The Kier molecular flexibility index (Phi) is 4.89. The van der Waals surface area contributed by atoms with Crippen LogP contribution in [-0.4, -0.2) is 22.6 Å². The minimum absolute atomic E-state index is 0.116. The molecule has 0 aliphatic rings. The van der Waals surface area contributed by atoms with Crippen molar-refractivity contribution >= 4 is 21.8 Å². The largest absolute Gasteiger partial charge is 0.425 e. The lowest BCUT2D eigenvalue weighted by Crippen LogP contribution is -2.25. The summed E-state index contributed by atoms with van der Waals surface area (Å²) in [7, 11) is 0. The fraction of sp³-hybridized carbons (Fsp3) is 0.357. The molecule has 5 nitrogen and oxygen atoms in total. The van der Waals surface area contributed by atoms with Gasteiger partial charge >= 0.3 is 0 Å². The molecule has 20 heavy (non-hydrogen) atoms. The SMILES string of the molecule is CC(C)c1nnc(CCNC(=O)c2cccc(Br)c2)o1. The highest BCUT2D eigenvalue weighted by Gasteiger charge is 2.10. The zero-order valence-corrected chi connectivity index (χ0v) is 13.0. The summed E-state index contributed by atoms with van der Waals surface area (Å²) in [6.07, 6.45) is 0.527. The van der Waals surface area contributed by atoms with Crippen molar-refractivity contribution in [2.75, 3.05) is 6.54 Å². The van der Waals surface area contributed by atoms with Crippen LogP contribution < -0.4 is 5.32 Å². The van der Waals surface area contributed by atoms with Crippen LogP contribution in [0.15, 0.2) is 33.2 Å². The summed E-state index contributed by atoms with van der Waals surface area (Å²) in [4.78, 5) is 11.9. The van der Waals surface area contributed by atoms with Gasteiger partial charge in [0.1, 0.15) is 0 Å². The van der Waals surface area contributed by atoms with Crippen molar-refractivity contribution < 1.29 is 9.21 Å². The molecule has 1 heterocycles. The van der Waals surface area contributed by atoms with Gasteiger partial charge in [0.05, 0.1) is 0 Å². The van der Waals surface area contributed by atoms with Crippen LogP contribution in [0.1, 0.15) is 41.9 Å². The first-order chi connectivity index (χ1) is 9.56. The van der Waals surface area contributed by atoms with Crippen LogP contribution in [0.3, 0.4) is 0 Å². The molecule has 0 atom stereocenters. The van der Waals surface area contributed by atoms with Gasteiger partial charge in [-0.2, -0.15) is 0 Å². The third-order valence-electron chi connectivity index (χ3n) is 2.69. The summed E-state index contributed by atoms with van der Waals surface area (Å²) in [6, 6.07) is 7.25. The molecule has 1 aromatic carbocycles. The summed E-state index contributed by atoms with van der Waals surface area (Å²) >= 11 is 3.34. The van der Waals surface area contributed by atoms with Gasteiger partial charge in [0.2, 0.25) is 11.8 Å². The summed E-state index contributed by atoms with van der Waals surface area (Å²) < 4.78 is 6.35. The van der Waals surface area contributed by atoms with E-state index in [0.29, 0.717) is 30.3 Å². The molecule has 0 saturated heterocycles. The number of hydrogen-bond acceptors (Lipinski definition) is 4. The first-order valence-corrected chi connectivity index (χ1v) is 7.21. The molecule has 1 aromatic heterocycles. The van der Waals surface area contributed by atoms with Crippen LogP contribution in [0.5, 0.6) is 0 Å². The zero-order chi connectivity index (χ0) is 14.5. The van der Waals surface area contributed by atoms with Crippen LogP contribution in [0, 0.1) is 0 Å². The molecule has 0 unspecified atom stereocenters. The van der Waals surface area contributed by atoms with E-state index in [-0.39, 0.29) is 11.8 Å². The first kappa shape index (κ1) is 14.7. The highest BCUT2D eigenvalue weighted by molar-refractivity contribution is 9.10. The van der Waals surface area contributed by atoms with Gasteiger partial charge < -0.3 is 9.73 Å². The number of nitrogens with zero attached hydrogens (tertiary/aromatic N) is 2. The van der Waals surface area contributed by atoms with E-state index >= 15 is 0 Å². The van der Waals surface area contributed by atoms with Crippen LogP contribution in [0.2, 0.25) is 0 Å². The van der Waals surface area contributed by atoms with E-state index in [1.165, 1.54) is 0 Å². The summed E-state index contributed by atoms with van der Waals surface area (Å²) in [5, 5.41) is 10.7. The summed E-state index contributed by atoms with van der Waals surface area (Å²) in [5.41, 5.74) is 0.618. The van der Waals surface area contributed by atoms with Gasteiger partial charge in [0.25, 0.3) is 5.91 Å². The molecule has 0 aliphatic carbocycles. The maximum Gasteiger partial charge on any atom is 0.251 e. The molecule has 6 heteroatoms. The average molecular weight is 338 g/mol. The molecule has 106 valence electrons. The van der Waals surface area contributed by atoms with Crippen molar-refractivity contribution in [1.29, 1.82) is 0 Å². The van der Waals surface area contributed by atoms with Crippen molar-refractivity contribution in [3.63, 3.8) is 0 Å². The molecule has 1 amide bonds. The molecule has 2 rings (SSSR count). The molecule has 1 N–H and O–H groups in total. The number of nitrogens with one attached hydrogen (secondary N) is 1. The molecule has 0 bridgehead atoms. The topological polar surface area (TPSA) is 68.0 Å². The monoisotopic (exact) mass is 337 g/mol. The molecule has 2 aromatic rings. The molecular formula is C14H16BrN3O2. The number of aromatic nitrogens is 2. The Bertz CT molecular complexity index is 596. The number of benzene rings is 1. The zero-order valence-electron chi connectivity index (χ0n) is 11.4. The van der Waals surface area contributed by atoms with Crippen LogP contribution in [0.25, 0.3) is 0 Å². The van der Waals surface area contributed by atoms with Gasteiger partial charge in [0, 0.05) is 28.9 Å². The highest BCUT2D eigenvalue weighted by atomic mass is 79.9. The van der Waals surface area contributed by atoms with Crippen molar-refractivity contribution in [2.45, 2.75) is 26.2 Å². The molecule has 0 spiro atoms. The Balaban J connectivity index is 1.84. The number of amides is 1. The maximum atomic E-state index is 11.9. The van der Waals surface area contributed by atoms with Crippen molar-refractivity contribution in [2.24, 2.45) is 0 Å². The highest BCUT2D eigenvalue weighted by Crippen LogP contribution is 2.13. The van der Waals surface area contributed by atoms with Crippen molar-refractivity contribution in [1.82, 2.24) is 15.5 Å². The standard InChI is InChI=1S/C14H16BrN3O2/c1-9(2)14-18-17-12(20-14)6-7-16-13(19)10-4-3-5-11(15)8-10/h3-5,8-9H,6-7H2,1-2H3,(H,16,19). The van der Waals surface area contributed by atoms with E-state index in [9.17, 15) is 4.79 Å². The minimum Gasteiger partial charge on any atom is -0.425 e. The smallest absolute Gasteiger partial charge is 0.251 e. The molecular weight excluding hydrogens is 322 g/mol. The second kappa shape index (κ2) is 6.65. The number of halogens is 1. The predicted octanol–water partition coefficient (Wildman–Crippen LogP) is 2.93. The first-order valence-electron chi connectivity index (χ1n) is 6.42. The average Bonchev–Trinajstić information content (AvgIpc) is 2.87. The maximum absolute atomic E-state index is 11.9. The van der Waals surface area contributed by atoms with Gasteiger partial charge in [-0.1, -0.05) is 35.8 Å². The van der Waals surface area contributed by atoms with E-state index in [1.54, 1.807) is 12.1 Å². The number of rotatable bonds is 5. The normalized spacial score (nSPS) is 10.8. The van der Waals surface area contributed by atoms with Crippen LogP contribution in [0.4, 0.5) is 0 Å². The number of hydrogen-bond donors (Lipinski definition) is 1. The van der Waals surface area contributed by atoms with Crippen molar-refractivity contribution in [3.05, 3.63) is 46.1 Å². The van der Waals surface area contributed by atoms with Gasteiger partial charge in [-0.15, -0.1) is 10.2 Å². The molecule has 0 radical (unpaired) electrons. The Labute approximate surface area is 125 Å². The lowest BCUT2D eigenvalue weighted by atomic mass is 10.2. The third-order valence-corrected chi connectivity index (χ3v) is 3.18. The Morgan fingerprint density at radius 3 is 2.85 bits per heavy atom. The summed E-state index contributed by atoms with van der Waals surface area (Å²) in [6.45, 7) is 4.45. The quantitative estimate of drug-likeness (QED) is 0.910. The lowest BCUT2D eigenvalue weighted by molar-refractivity contribution is 0.0953. The summed E-state index contributed by atoms with van der Waals surface area (Å²) in [5.74, 6) is 1.27. The van der Waals surface area contributed by atoms with Gasteiger partial charge in [-0.3, -0.25) is 4.79 Å². The predicted molar refractivity (Wildman–Crippen MR) is 78.6 cm³/mol. The van der Waals surface area contributed by atoms with E-state index in [1.807, 2.05) is 26.0 Å². The lowest BCUT2D eigenvalue weighted by Gasteiger charge is -2.03. The van der Waals surface area contributed by atoms with Crippen LogP contribution in [-0.2, 0) is 6.42 Å². The Hall–Kier alpha value is -1.69. The second-order valence-corrected chi connectivity index (χ2v) is 5.62. The third kappa shape index (κ3) is 3.90. The Morgan fingerprint density at radius 1 is 1.40 bits per heavy atom. The second-order valence-electron chi connectivity index (χ2n) is 4.70. The van der Waals surface area contributed by atoms with E-state index in [4.69, 9.17) is 4.42 Å². The molecule has 0 aliphatic heterocycles. The fourth-order valence-electron chi connectivity index (χ4n) is 1.62. The van der Waals surface area contributed by atoms with E-state index < -0.39 is 0 Å². The number of carbonyl (C=O) groups is 1. The fourth-order valence-corrected chi connectivity index (χ4v) is 2.01. The minimum atomic E-state index is -0.116.